The fraction of sp³-hybridized carbons (Fsp3) is 0.250. The van der Waals surface area contributed by atoms with Crippen LogP contribution in [-0.2, 0) is 14.8 Å². The Balaban J connectivity index is 1.49. The second kappa shape index (κ2) is 6.83. The molecule has 0 aliphatic carbocycles. The minimum absolute atomic E-state index is 0.0422. The number of pyridine rings is 1. The number of aromatic nitrogens is 3. The molecule has 1 aliphatic heterocycles. The van der Waals surface area contributed by atoms with Gasteiger partial charge >= 0.3 is 5.97 Å². The first-order chi connectivity index (χ1) is 13.0. The number of methoxy groups -OCH3 is 1. The van der Waals surface area contributed by atoms with Crippen molar-refractivity contribution in [2.75, 3.05) is 20.2 Å². The summed E-state index contributed by atoms with van der Waals surface area (Å²) in [5.41, 5.74) is 0.720. The minimum Gasteiger partial charge on any atom is -0.465 e. The van der Waals surface area contributed by atoms with Crippen molar-refractivity contribution in [1.29, 1.82) is 0 Å². The number of carbonyl (C=O) groups excluding carboxylic acids is 1. The van der Waals surface area contributed by atoms with E-state index in [0.717, 1.165) is 16.9 Å². The van der Waals surface area contributed by atoms with Crippen molar-refractivity contribution in [3.63, 3.8) is 0 Å². The highest BCUT2D eigenvalue weighted by molar-refractivity contribution is 7.89. The van der Waals surface area contributed by atoms with Crippen LogP contribution < -0.4 is 0 Å². The normalized spacial score (nSPS) is 15.4. The zero-order valence-electron chi connectivity index (χ0n) is 14.1. The Morgan fingerprint density at radius 3 is 2.89 bits per heavy atom. The van der Waals surface area contributed by atoms with E-state index in [-0.39, 0.29) is 28.8 Å². The second-order valence-electron chi connectivity index (χ2n) is 5.82. The van der Waals surface area contributed by atoms with Crippen LogP contribution in [0, 0.1) is 0 Å². The molecule has 0 saturated carbocycles. The Bertz CT molecular complexity index is 1070. The molecular weight excluding hydrogens is 392 g/mol. The van der Waals surface area contributed by atoms with Gasteiger partial charge in [-0.1, -0.05) is 5.16 Å². The summed E-state index contributed by atoms with van der Waals surface area (Å²) in [6, 6.07) is 4.99. The predicted octanol–water partition coefficient (Wildman–Crippen LogP) is 1.77. The van der Waals surface area contributed by atoms with Crippen molar-refractivity contribution in [1.82, 2.24) is 19.4 Å². The van der Waals surface area contributed by atoms with E-state index in [4.69, 9.17) is 4.52 Å². The highest BCUT2D eigenvalue weighted by Gasteiger charge is 2.42. The Hall–Kier alpha value is -2.63. The van der Waals surface area contributed by atoms with E-state index in [1.165, 1.54) is 17.5 Å². The molecule has 9 nitrogen and oxygen atoms in total. The SMILES string of the molecule is COC(=O)c1sccc1S(=O)(=O)N1CC(c2nc(-c3cccnc3)no2)C1. The zero-order chi connectivity index (χ0) is 19.0. The van der Waals surface area contributed by atoms with Crippen LogP contribution in [0.3, 0.4) is 0 Å². The number of ether oxygens (including phenoxy) is 1. The van der Waals surface area contributed by atoms with Crippen LogP contribution in [-0.4, -0.2) is 54.0 Å². The number of hydrogen-bond acceptors (Lipinski definition) is 9. The van der Waals surface area contributed by atoms with Crippen molar-refractivity contribution >= 4 is 27.3 Å². The van der Waals surface area contributed by atoms with Gasteiger partial charge in [-0.25, -0.2) is 13.2 Å². The molecule has 1 fully saturated rings. The molecule has 0 amide bonds. The van der Waals surface area contributed by atoms with Gasteiger partial charge in [-0.3, -0.25) is 4.98 Å². The van der Waals surface area contributed by atoms with Crippen molar-refractivity contribution in [2.45, 2.75) is 10.8 Å². The third-order valence-corrected chi connectivity index (χ3v) is 7.07. The molecule has 11 heteroatoms. The molecule has 1 saturated heterocycles. The number of hydrogen-bond donors (Lipinski definition) is 0. The van der Waals surface area contributed by atoms with Crippen molar-refractivity contribution in [2.24, 2.45) is 0 Å². The van der Waals surface area contributed by atoms with E-state index in [1.807, 2.05) is 6.07 Å². The summed E-state index contributed by atoms with van der Waals surface area (Å²) in [6.07, 6.45) is 3.27. The van der Waals surface area contributed by atoms with E-state index in [9.17, 15) is 13.2 Å². The summed E-state index contributed by atoms with van der Waals surface area (Å²) in [4.78, 5) is 20.1. The topological polar surface area (TPSA) is 115 Å². The highest BCUT2D eigenvalue weighted by Crippen LogP contribution is 2.34. The maximum atomic E-state index is 12.8. The average Bonchev–Trinajstić information content (AvgIpc) is 3.30. The van der Waals surface area contributed by atoms with Crippen LogP contribution in [0.25, 0.3) is 11.4 Å². The molecule has 0 N–H and O–H groups in total. The lowest BCUT2D eigenvalue weighted by molar-refractivity contribution is 0.0602. The Labute approximate surface area is 158 Å². The molecule has 0 spiro atoms. The molecule has 0 unspecified atom stereocenters. The molecule has 0 bridgehead atoms. The number of carbonyl (C=O) groups is 1. The van der Waals surface area contributed by atoms with E-state index in [2.05, 4.69) is 19.9 Å². The Morgan fingerprint density at radius 2 is 2.19 bits per heavy atom. The molecule has 4 heterocycles. The largest absolute Gasteiger partial charge is 0.465 e. The first-order valence-electron chi connectivity index (χ1n) is 7.90. The van der Waals surface area contributed by atoms with Crippen LogP contribution in [0.4, 0.5) is 0 Å². The van der Waals surface area contributed by atoms with E-state index >= 15 is 0 Å². The standard InChI is InChI=1S/C16H14N4O5S2/c1-24-16(21)13-12(4-6-26-13)27(22,23)20-8-11(9-20)15-18-14(19-25-15)10-3-2-5-17-7-10/h2-7,11H,8-9H2,1H3. The summed E-state index contributed by atoms with van der Waals surface area (Å²) in [5, 5.41) is 5.47. The second-order valence-corrected chi connectivity index (χ2v) is 8.64. The van der Waals surface area contributed by atoms with Crippen LogP contribution in [0.15, 0.2) is 45.4 Å². The highest BCUT2D eigenvalue weighted by atomic mass is 32.2. The smallest absolute Gasteiger partial charge is 0.349 e. The van der Waals surface area contributed by atoms with E-state index < -0.39 is 16.0 Å². The predicted molar refractivity (Wildman–Crippen MR) is 94.7 cm³/mol. The van der Waals surface area contributed by atoms with Gasteiger partial charge in [0.2, 0.25) is 21.7 Å². The summed E-state index contributed by atoms with van der Waals surface area (Å²) in [5.74, 6) is -0.0828. The fourth-order valence-corrected chi connectivity index (χ4v) is 5.52. The lowest BCUT2D eigenvalue weighted by Gasteiger charge is -2.35. The van der Waals surface area contributed by atoms with Gasteiger partial charge < -0.3 is 9.26 Å². The molecular formula is C16H14N4O5S2. The van der Waals surface area contributed by atoms with Crippen molar-refractivity contribution < 1.29 is 22.5 Å². The number of sulfonamides is 1. The van der Waals surface area contributed by atoms with Gasteiger partial charge in [0.1, 0.15) is 9.77 Å². The van der Waals surface area contributed by atoms with Crippen LogP contribution in [0.5, 0.6) is 0 Å². The van der Waals surface area contributed by atoms with Crippen LogP contribution in [0.2, 0.25) is 0 Å². The molecule has 0 aromatic carbocycles. The molecule has 27 heavy (non-hydrogen) atoms. The molecule has 0 radical (unpaired) electrons. The van der Waals surface area contributed by atoms with Gasteiger partial charge in [-0.15, -0.1) is 11.3 Å². The van der Waals surface area contributed by atoms with E-state index in [0.29, 0.717) is 11.7 Å². The van der Waals surface area contributed by atoms with Gasteiger partial charge in [0.15, 0.2) is 0 Å². The monoisotopic (exact) mass is 406 g/mol. The molecule has 4 rings (SSSR count). The Kier molecular flexibility index (Phi) is 4.50. The van der Waals surface area contributed by atoms with Gasteiger partial charge in [0.25, 0.3) is 0 Å². The van der Waals surface area contributed by atoms with Gasteiger partial charge in [-0.05, 0) is 23.6 Å². The van der Waals surface area contributed by atoms with Crippen molar-refractivity contribution in [3.05, 3.63) is 46.7 Å². The van der Waals surface area contributed by atoms with Gasteiger partial charge in [0.05, 0.1) is 13.0 Å². The maximum Gasteiger partial charge on any atom is 0.349 e. The third kappa shape index (κ3) is 3.13. The Morgan fingerprint density at radius 1 is 1.37 bits per heavy atom. The molecule has 0 atom stereocenters. The summed E-state index contributed by atoms with van der Waals surface area (Å²) >= 11 is 1.03. The minimum atomic E-state index is -3.79. The number of esters is 1. The van der Waals surface area contributed by atoms with Crippen LogP contribution in [0.1, 0.15) is 21.5 Å². The number of nitrogens with zero attached hydrogens (tertiary/aromatic N) is 4. The zero-order valence-corrected chi connectivity index (χ0v) is 15.7. The lowest BCUT2D eigenvalue weighted by atomic mass is 10.0. The average molecular weight is 406 g/mol. The summed E-state index contributed by atoms with van der Waals surface area (Å²) in [6.45, 7) is 0.404. The lowest BCUT2D eigenvalue weighted by Crippen LogP contribution is -2.48. The first-order valence-corrected chi connectivity index (χ1v) is 10.2. The quantitative estimate of drug-likeness (QED) is 0.589. The first kappa shape index (κ1) is 17.8. The number of thiophene rings is 1. The number of rotatable bonds is 5. The molecule has 3 aromatic heterocycles. The summed E-state index contributed by atoms with van der Waals surface area (Å²) < 4.78 is 36.7. The molecule has 1 aliphatic rings. The van der Waals surface area contributed by atoms with Gasteiger partial charge in [-0.2, -0.15) is 9.29 Å². The van der Waals surface area contributed by atoms with Gasteiger partial charge in [0, 0.05) is 31.0 Å². The van der Waals surface area contributed by atoms with Crippen molar-refractivity contribution in [3.8, 4) is 11.4 Å². The fourth-order valence-electron chi connectivity index (χ4n) is 2.69. The van der Waals surface area contributed by atoms with E-state index in [1.54, 1.807) is 23.8 Å². The summed E-state index contributed by atoms with van der Waals surface area (Å²) in [7, 11) is -2.57. The molecule has 3 aromatic rings. The van der Waals surface area contributed by atoms with Crippen LogP contribution >= 0.6 is 11.3 Å². The molecule has 140 valence electrons. The maximum absolute atomic E-state index is 12.8. The third-order valence-electron chi connectivity index (χ3n) is 4.18.